The smallest absolute Gasteiger partial charge is 0.335 e. The number of furan rings is 1. The van der Waals surface area contributed by atoms with E-state index < -0.39 is 5.97 Å². The summed E-state index contributed by atoms with van der Waals surface area (Å²) in [6.45, 7) is 1.44. The highest BCUT2D eigenvalue weighted by Crippen LogP contribution is 2.19. The third-order valence-corrected chi connectivity index (χ3v) is 3.82. The van der Waals surface area contributed by atoms with Crippen LogP contribution in [0, 0.1) is 0 Å². The van der Waals surface area contributed by atoms with Gasteiger partial charge in [-0.3, -0.25) is 4.90 Å². The molecule has 2 aromatic rings. The van der Waals surface area contributed by atoms with E-state index in [1.54, 1.807) is 18.4 Å². The maximum Gasteiger partial charge on any atom is 0.335 e. The van der Waals surface area contributed by atoms with Gasteiger partial charge in [0.2, 0.25) is 0 Å². The summed E-state index contributed by atoms with van der Waals surface area (Å²) in [5.41, 5.74) is 1.23. The molecule has 0 fully saturated rings. The normalized spacial score (nSPS) is 10.9. The highest BCUT2D eigenvalue weighted by atomic mass is 79.9. The molecule has 106 valence electrons. The third kappa shape index (κ3) is 3.71. The van der Waals surface area contributed by atoms with E-state index in [0.717, 1.165) is 22.3 Å². The molecule has 0 radical (unpaired) electrons. The van der Waals surface area contributed by atoms with Crippen molar-refractivity contribution in [1.29, 1.82) is 0 Å². The summed E-state index contributed by atoms with van der Waals surface area (Å²) < 4.78 is 6.32. The number of carboxylic acid groups (broad SMARTS) is 1. The number of aromatic carboxylic acids is 1. The summed E-state index contributed by atoms with van der Waals surface area (Å²) in [6.07, 6.45) is 2.34. The Morgan fingerprint density at radius 1 is 1.35 bits per heavy atom. The zero-order chi connectivity index (χ0) is 14.5. The summed E-state index contributed by atoms with van der Waals surface area (Å²) in [5, 5.41) is 9.14. The standard InChI is InChI=1S/C15H16BrNO3/c1-17(10-14-13(16)7-9-20-14)8-6-11-4-2-3-5-12(11)15(18)19/h2-5,7,9H,6,8,10H2,1H3,(H,18,19). The Morgan fingerprint density at radius 3 is 2.75 bits per heavy atom. The zero-order valence-electron chi connectivity index (χ0n) is 11.2. The second-order valence-electron chi connectivity index (χ2n) is 4.64. The van der Waals surface area contributed by atoms with Gasteiger partial charge < -0.3 is 9.52 Å². The molecule has 0 spiro atoms. The second kappa shape index (κ2) is 6.72. The van der Waals surface area contributed by atoms with Crippen molar-refractivity contribution in [2.24, 2.45) is 0 Å². The monoisotopic (exact) mass is 337 g/mol. The average Bonchev–Trinajstić information content (AvgIpc) is 2.82. The minimum atomic E-state index is -0.878. The fraction of sp³-hybridized carbons (Fsp3) is 0.267. The molecular formula is C15H16BrNO3. The number of carbonyl (C=O) groups is 1. The molecule has 0 unspecified atom stereocenters. The highest BCUT2D eigenvalue weighted by Gasteiger charge is 2.11. The number of nitrogens with zero attached hydrogens (tertiary/aromatic N) is 1. The van der Waals surface area contributed by atoms with E-state index in [0.29, 0.717) is 18.5 Å². The fourth-order valence-corrected chi connectivity index (χ4v) is 2.35. The van der Waals surface area contributed by atoms with Gasteiger partial charge in [0, 0.05) is 6.54 Å². The second-order valence-corrected chi connectivity index (χ2v) is 5.50. The van der Waals surface area contributed by atoms with E-state index in [-0.39, 0.29) is 0 Å². The van der Waals surface area contributed by atoms with Crippen molar-refractivity contribution >= 4 is 21.9 Å². The molecule has 0 bridgehead atoms. The Kier molecular flexibility index (Phi) is 4.98. The van der Waals surface area contributed by atoms with Crippen LogP contribution in [0.1, 0.15) is 21.7 Å². The molecule has 0 atom stereocenters. The maximum absolute atomic E-state index is 11.1. The minimum Gasteiger partial charge on any atom is -0.478 e. The van der Waals surface area contributed by atoms with Crippen LogP contribution in [0.15, 0.2) is 45.5 Å². The van der Waals surface area contributed by atoms with Gasteiger partial charge in [0.25, 0.3) is 0 Å². The third-order valence-electron chi connectivity index (χ3n) is 3.12. The number of benzene rings is 1. The van der Waals surface area contributed by atoms with E-state index in [2.05, 4.69) is 20.8 Å². The van der Waals surface area contributed by atoms with E-state index in [4.69, 9.17) is 9.52 Å². The number of likely N-dealkylation sites (N-methyl/N-ethyl adjacent to an activating group) is 1. The van der Waals surface area contributed by atoms with Gasteiger partial charge in [-0.1, -0.05) is 18.2 Å². The zero-order valence-corrected chi connectivity index (χ0v) is 12.8. The summed E-state index contributed by atoms with van der Waals surface area (Å²) in [6, 6.07) is 8.98. The van der Waals surface area contributed by atoms with Gasteiger partial charge in [-0.15, -0.1) is 0 Å². The van der Waals surface area contributed by atoms with Crippen LogP contribution >= 0.6 is 15.9 Å². The first-order valence-electron chi connectivity index (χ1n) is 6.29. The molecule has 1 aromatic carbocycles. The van der Waals surface area contributed by atoms with Crippen LogP contribution in [0.25, 0.3) is 0 Å². The highest BCUT2D eigenvalue weighted by molar-refractivity contribution is 9.10. The maximum atomic E-state index is 11.1. The molecule has 2 rings (SSSR count). The predicted molar refractivity (Wildman–Crippen MR) is 79.8 cm³/mol. The van der Waals surface area contributed by atoms with Crippen LogP contribution in [0.3, 0.4) is 0 Å². The molecule has 5 heteroatoms. The number of halogens is 1. The van der Waals surface area contributed by atoms with Gasteiger partial charge >= 0.3 is 5.97 Å². The Balaban J connectivity index is 1.95. The van der Waals surface area contributed by atoms with Crippen molar-refractivity contribution in [3.8, 4) is 0 Å². The number of hydrogen-bond acceptors (Lipinski definition) is 3. The summed E-state index contributed by atoms with van der Waals surface area (Å²) in [4.78, 5) is 13.2. The van der Waals surface area contributed by atoms with Gasteiger partial charge in [-0.25, -0.2) is 4.79 Å². The van der Waals surface area contributed by atoms with Gasteiger partial charge in [0.1, 0.15) is 5.76 Å². The lowest BCUT2D eigenvalue weighted by molar-refractivity contribution is 0.0695. The summed E-state index contributed by atoms with van der Waals surface area (Å²) >= 11 is 3.42. The van der Waals surface area contributed by atoms with Crippen molar-refractivity contribution in [1.82, 2.24) is 4.90 Å². The molecular weight excluding hydrogens is 322 g/mol. The molecule has 4 nitrogen and oxygen atoms in total. The number of carboxylic acids is 1. The lowest BCUT2D eigenvalue weighted by Gasteiger charge is -2.16. The molecule has 1 N–H and O–H groups in total. The molecule has 1 heterocycles. The van der Waals surface area contributed by atoms with E-state index in [1.165, 1.54) is 0 Å². The van der Waals surface area contributed by atoms with Gasteiger partial charge in [-0.05, 0) is 47.1 Å². The Hall–Kier alpha value is -1.59. The van der Waals surface area contributed by atoms with Crippen molar-refractivity contribution in [2.75, 3.05) is 13.6 Å². The van der Waals surface area contributed by atoms with Crippen LogP contribution in [-0.2, 0) is 13.0 Å². The molecule has 0 aliphatic rings. The van der Waals surface area contributed by atoms with Crippen molar-refractivity contribution < 1.29 is 14.3 Å². The van der Waals surface area contributed by atoms with Crippen molar-refractivity contribution in [3.63, 3.8) is 0 Å². The van der Waals surface area contributed by atoms with Crippen molar-refractivity contribution in [3.05, 3.63) is 58.0 Å². The summed E-state index contributed by atoms with van der Waals surface area (Å²) in [5.74, 6) is -0.00366. The Morgan fingerprint density at radius 2 is 2.10 bits per heavy atom. The average molecular weight is 338 g/mol. The summed E-state index contributed by atoms with van der Waals surface area (Å²) in [7, 11) is 1.98. The number of hydrogen-bond donors (Lipinski definition) is 1. The largest absolute Gasteiger partial charge is 0.478 e. The molecule has 0 aliphatic carbocycles. The Labute approximate surface area is 126 Å². The van der Waals surface area contributed by atoms with Gasteiger partial charge in [-0.2, -0.15) is 0 Å². The molecule has 20 heavy (non-hydrogen) atoms. The van der Waals surface area contributed by atoms with Crippen LogP contribution in [0.5, 0.6) is 0 Å². The molecule has 1 aromatic heterocycles. The van der Waals surface area contributed by atoms with E-state index in [1.807, 2.05) is 25.2 Å². The molecule has 0 aliphatic heterocycles. The van der Waals surface area contributed by atoms with Crippen LogP contribution in [0.2, 0.25) is 0 Å². The first-order valence-corrected chi connectivity index (χ1v) is 7.09. The minimum absolute atomic E-state index is 0.375. The van der Waals surface area contributed by atoms with Crippen molar-refractivity contribution in [2.45, 2.75) is 13.0 Å². The van der Waals surface area contributed by atoms with E-state index >= 15 is 0 Å². The first-order chi connectivity index (χ1) is 9.58. The van der Waals surface area contributed by atoms with Crippen LogP contribution < -0.4 is 0 Å². The molecule has 0 saturated heterocycles. The van der Waals surface area contributed by atoms with Gasteiger partial charge in [0.15, 0.2) is 0 Å². The first kappa shape index (κ1) is 14.8. The van der Waals surface area contributed by atoms with Crippen LogP contribution in [0.4, 0.5) is 0 Å². The lowest BCUT2D eigenvalue weighted by Crippen LogP contribution is -2.21. The molecule has 0 saturated carbocycles. The lowest BCUT2D eigenvalue weighted by atomic mass is 10.0. The van der Waals surface area contributed by atoms with E-state index in [9.17, 15) is 4.79 Å². The van der Waals surface area contributed by atoms with Crippen LogP contribution in [-0.4, -0.2) is 29.6 Å². The predicted octanol–water partition coefficient (Wildman–Crippen LogP) is 3.41. The quantitative estimate of drug-likeness (QED) is 0.877. The topological polar surface area (TPSA) is 53.7 Å². The Bertz CT molecular complexity index is 594. The number of rotatable bonds is 6. The fourth-order valence-electron chi connectivity index (χ4n) is 2.02. The van der Waals surface area contributed by atoms with Gasteiger partial charge in [0.05, 0.1) is 22.8 Å². The SMILES string of the molecule is CN(CCc1ccccc1C(=O)O)Cc1occc1Br. The molecule has 0 amide bonds.